The van der Waals surface area contributed by atoms with Gasteiger partial charge in [0.25, 0.3) is 0 Å². The highest BCUT2D eigenvalue weighted by atomic mass is 35.5. The first-order chi connectivity index (χ1) is 9.93. The standard InChI is InChI=1S/C15H17ClN2O2S/c1-9-7-18-13(10(2)15(9)20-3)8-21(19)14-5-4-11(17)6-12(14)16/h4-7H,8,17H2,1-3H3. The van der Waals surface area contributed by atoms with Crippen LogP contribution in [0.15, 0.2) is 29.3 Å². The van der Waals surface area contributed by atoms with E-state index in [2.05, 4.69) is 4.98 Å². The van der Waals surface area contributed by atoms with E-state index in [0.717, 1.165) is 22.6 Å². The second-order valence-corrected chi connectivity index (χ2v) is 6.55. The quantitative estimate of drug-likeness (QED) is 0.877. The molecule has 0 aliphatic heterocycles. The van der Waals surface area contributed by atoms with Gasteiger partial charge in [0.05, 0.1) is 39.3 Å². The number of nitrogens with two attached hydrogens (primary N) is 1. The van der Waals surface area contributed by atoms with Crippen molar-refractivity contribution in [1.82, 2.24) is 4.98 Å². The van der Waals surface area contributed by atoms with Crippen LogP contribution in [0.1, 0.15) is 16.8 Å². The molecule has 1 unspecified atom stereocenters. The average Bonchev–Trinajstić information content (AvgIpc) is 2.42. The van der Waals surface area contributed by atoms with Crippen molar-refractivity contribution in [2.24, 2.45) is 0 Å². The molecule has 4 nitrogen and oxygen atoms in total. The van der Waals surface area contributed by atoms with E-state index >= 15 is 0 Å². The maximum Gasteiger partial charge on any atom is 0.128 e. The summed E-state index contributed by atoms with van der Waals surface area (Å²) < 4.78 is 17.8. The Bertz CT molecular complexity index is 704. The summed E-state index contributed by atoms with van der Waals surface area (Å²) in [4.78, 5) is 4.92. The van der Waals surface area contributed by atoms with Crippen molar-refractivity contribution in [3.63, 3.8) is 0 Å². The number of pyridine rings is 1. The number of methoxy groups -OCH3 is 1. The Morgan fingerprint density at radius 2 is 2.10 bits per heavy atom. The van der Waals surface area contributed by atoms with Gasteiger partial charge in [-0.3, -0.25) is 9.19 Å². The van der Waals surface area contributed by atoms with Gasteiger partial charge in [0.15, 0.2) is 0 Å². The van der Waals surface area contributed by atoms with E-state index < -0.39 is 10.8 Å². The van der Waals surface area contributed by atoms with Crippen LogP contribution in [-0.4, -0.2) is 16.3 Å². The number of hydrogen-bond acceptors (Lipinski definition) is 4. The molecule has 0 spiro atoms. The van der Waals surface area contributed by atoms with Gasteiger partial charge in [0.2, 0.25) is 0 Å². The van der Waals surface area contributed by atoms with Gasteiger partial charge in [-0.25, -0.2) is 0 Å². The molecule has 2 aromatic rings. The first-order valence-corrected chi connectivity index (χ1v) is 8.06. The first kappa shape index (κ1) is 15.8. The third-order valence-corrected chi connectivity index (χ3v) is 5.03. The molecule has 6 heteroatoms. The van der Waals surface area contributed by atoms with Gasteiger partial charge < -0.3 is 10.5 Å². The molecule has 1 aromatic heterocycles. The van der Waals surface area contributed by atoms with Crippen molar-refractivity contribution in [3.05, 3.63) is 46.2 Å². The summed E-state index contributed by atoms with van der Waals surface area (Å²) in [5, 5.41) is 0.407. The van der Waals surface area contributed by atoms with E-state index in [-0.39, 0.29) is 5.75 Å². The summed E-state index contributed by atoms with van der Waals surface area (Å²) in [6.45, 7) is 3.84. The zero-order valence-electron chi connectivity index (χ0n) is 12.1. The highest BCUT2D eigenvalue weighted by Gasteiger charge is 2.15. The first-order valence-electron chi connectivity index (χ1n) is 6.36. The monoisotopic (exact) mass is 324 g/mol. The topological polar surface area (TPSA) is 65.2 Å². The summed E-state index contributed by atoms with van der Waals surface area (Å²) >= 11 is 6.10. The maximum atomic E-state index is 12.5. The number of nitrogens with zero attached hydrogens (tertiary/aromatic N) is 1. The molecule has 2 N–H and O–H groups in total. The fourth-order valence-electron chi connectivity index (χ4n) is 2.12. The molecule has 112 valence electrons. The molecular weight excluding hydrogens is 308 g/mol. The predicted octanol–water partition coefficient (Wildman–Crippen LogP) is 3.25. The molecule has 0 bridgehead atoms. The van der Waals surface area contributed by atoms with Crippen molar-refractivity contribution in [2.45, 2.75) is 24.5 Å². The van der Waals surface area contributed by atoms with Crippen molar-refractivity contribution in [3.8, 4) is 5.75 Å². The number of aryl methyl sites for hydroxylation is 1. The summed E-state index contributed by atoms with van der Waals surface area (Å²) in [5.74, 6) is 1.06. The van der Waals surface area contributed by atoms with Gasteiger partial charge in [0.1, 0.15) is 5.75 Å². The number of rotatable bonds is 4. The van der Waals surface area contributed by atoms with Crippen LogP contribution < -0.4 is 10.5 Å². The van der Waals surface area contributed by atoms with Gasteiger partial charge in [0, 0.05) is 23.0 Å². The summed E-state index contributed by atoms with van der Waals surface area (Å²) in [6, 6.07) is 4.98. The Morgan fingerprint density at radius 3 is 2.71 bits per heavy atom. The van der Waals surface area contributed by atoms with Crippen LogP contribution in [-0.2, 0) is 16.6 Å². The molecule has 0 amide bonds. The van der Waals surface area contributed by atoms with Gasteiger partial charge in [-0.1, -0.05) is 11.6 Å². The minimum Gasteiger partial charge on any atom is -0.496 e. The smallest absolute Gasteiger partial charge is 0.128 e. The Hall–Kier alpha value is -1.59. The Kier molecular flexibility index (Phi) is 4.85. The SMILES string of the molecule is COc1c(C)cnc(CS(=O)c2ccc(N)cc2Cl)c1C. The molecule has 1 aromatic carbocycles. The van der Waals surface area contributed by atoms with Crippen LogP contribution in [0.2, 0.25) is 5.02 Å². The molecule has 1 heterocycles. The van der Waals surface area contributed by atoms with Crippen LogP contribution in [0.5, 0.6) is 5.75 Å². The Morgan fingerprint density at radius 1 is 1.38 bits per heavy atom. The lowest BCUT2D eigenvalue weighted by Crippen LogP contribution is -2.04. The molecule has 0 aliphatic carbocycles. The lowest BCUT2D eigenvalue weighted by Gasteiger charge is -2.12. The fourth-order valence-corrected chi connectivity index (χ4v) is 3.76. The van der Waals surface area contributed by atoms with Crippen LogP contribution in [0, 0.1) is 13.8 Å². The van der Waals surface area contributed by atoms with E-state index in [1.807, 2.05) is 13.8 Å². The minimum atomic E-state index is -1.29. The van der Waals surface area contributed by atoms with Gasteiger partial charge >= 0.3 is 0 Å². The van der Waals surface area contributed by atoms with Crippen LogP contribution in [0.4, 0.5) is 5.69 Å². The number of anilines is 1. The minimum absolute atomic E-state index is 0.284. The van der Waals surface area contributed by atoms with E-state index in [4.69, 9.17) is 22.1 Å². The highest BCUT2D eigenvalue weighted by Crippen LogP contribution is 2.28. The molecule has 0 fully saturated rings. The van der Waals surface area contributed by atoms with Gasteiger partial charge in [-0.05, 0) is 32.0 Å². The van der Waals surface area contributed by atoms with E-state index in [9.17, 15) is 4.21 Å². The largest absolute Gasteiger partial charge is 0.496 e. The predicted molar refractivity (Wildman–Crippen MR) is 86.2 cm³/mol. The molecule has 21 heavy (non-hydrogen) atoms. The van der Waals surface area contributed by atoms with E-state index in [1.165, 1.54) is 0 Å². The lowest BCUT2D eigenvalue weighted by molar-refractivity contribution is 0.407. The number of hydrogen-bond donors (Lipinski definition) is 1. The zero-order valence-corrected chi connectivity index (χ0v) is 13.7. The summed E-state index contributed by atoms with van der Waals surface area (Å²) in [5.41, 5.74) is 8.79. The number of benzene rings is 1. The van der Waals surface area contributed by atoms with Crippen molar-refractivity contribution in [1.29, 1.82) is 0 Å². The number of aromatic nitrogens is 1. The molecule has 1 atom stereocenters. The molecule has 0 radical (unpaired) electrons. The van der Waals surface area contributed by atoms with Gasteiger partial charge in [-0.2, -0.15) is 0 Å². The number of ether oxygens (including phenoxy) is 1. The van der Waals surface area contributed by atoms with Gasteiger partial charge in [-0.15, -0.1) is 0 Å². The van der Waals surface area contributed by atoms with Crippen LogP contribution in [0.3, 0.4) is 0 Å². The molecule has 2 rings (SSSR count). The second kappa shape index (κ2) is 6.45. The zero-order chi connectivity index (χ0) is 15.6. The second-order valence-electron chi connectivity index (χ2n) is 4.73. The van der Waals surface area contributed by atoms with Crippen LogP contribution >= 0.6 is 11.6 Å². The van der Waals surface area contributed by atoms with E-state index in [1.54, 1.807) is 31.5 Å². The summed E-state index contributed by atoms with van der Waals surface area (Å²) in [7, 11) is 0.331. The highest BCUT2D eigenvalue weighted by molar-refractivity contribution is 7.84. The Balaban J connectivity index is 2.32. The lowest BCUT2D eigenvalue weighted by atomic mass is 10.1. The fraction of sp³-hybridized carbons (Fsp3) is 0.267. The molecule has 0 aliphatic rings. The summed E-state index contributed by atoms with van der Waals surface area (Å²) in [6.07, 6.45) is 1.73. The maximum absolute atomic E-state index is 12.5. The molecular formula is C15H17ClN2O2S. The number of nitrogen functional groups attached to an aromatic ring is 1. The normalized spacial score (nSPS) is 12.2. The number of halogens is 1. The van der Waals surface area contributed by atoms with Crippen molar-refractivity contribution < 1.29 is 8.95 Å². The third-order valence-electron chi connectivity index (χ3n) is 3.22. The molecule has 0 saturated heterocycles. The van der Waals surface area contributed by atoms with Crippen molar-refractivity contribution in [2.75, 3.05) is 12.8 Å². The van der Waals surface area contributed by atoms with E-state index in [0.29, 0.717) is 15.6 Å². The Labute approximate surface area is 131 Å². The molecule has 0 saturated carbocycles. The third kappa shape index (κ3) is 3.36. The van der Waals surface area contributed by atoms with Crippen molar-refractivity contribution >= 4 is 28.1 Å². The average molecular weight is 325 g/mol. The van der Waals surface area contributed by atoms with Crippen LogP contribution in [0.25, 0.3) is 0 Å².